The third kappa shape index (κ3) is 4.61. The molecule has 1 heterocycles. The van der Waals surface area contributed by atoms with Crippen LogP contribution in [0.2, 0.25) is 10.0 Å². The molecule has 0 bridgehead atoms. The van der Waals surface area contributed by atoms with Gasteiger partial charge in [0.1, 0.15) is 0 Å². The van der Waals surface area contributed by atoms with Crippen molar-refractivity contribution in [3.63, 3.8) is 0 Å². The summed E-state index contributed by atoms with van der Waals surface area (Å²) in [5.41, 5.74) is 2.54. The number of hydrogen-bond donors (Lipinski definition) is 1. The maximum absolute atomic E-state index is 13.3. The smallest absolute Gasteiger partial charge is 0.266 e. The normalized spacial score (nSPS) is 10.9. The zero-order valence-corrected chi connectivity index (χ0v) is 18.8. The summed E-state index contributed by atoms with van der Waals surface area (Å²) in [6.07, 6.45) is 0. The highest BCUT2D eigenvalue weighted by Gasteiger charge is 2.16. The molecule has 0 aliphatic rings. The molecule has 0 fully saturated rings. The van der Waals surface area contributed by atoms with Gasteiger partial charge in [-0.15, -0.1) is 0 Å². The van der Waals surface area contributed by atoms with Crippen molar-refractivity contribution in [2.45, 2.75) is 12.1 Å². The summed E-state index contributed by atoms with van der Waals surface area (Å²) in [4.78, 5) is 30.5. The van der Waals surface area contributed by atoms with Gasteiger partial charge < -0.3 is 5.32 Å². The molecule has 5 nitrogen and oxygen atoms in total. The highest BCUT2D eigenvalue weighted by Crippen LogP contribution is 2.27. The molecule has 4 rings (SSSR count). The lowest BCUT2D eigenvalue weighted by Crippen LogP contribution is -2.23. The first-order valence-corrected chi connectivity index (χ1v) is 11.1. The van der Waals surface area contributed by atoms with Crippen LogP contribution in [0.3, 0.4) is 0 Å². The van der Waals surface area contributed by atoms with Gasteiger partial charge >= 0.3 is 0 Å². The Kier molecular flexibility index (Phi) is 6.32. The van der Waals surface area contributed by atoms with Crippen LogP contribution in [0.25, 0.3) is 16.6 Å². The van der Waals surface area contributed by atoms with Crippen molar-refractivity contribution in [2.24, 2.45) is 0 Å². The number of carbonyl (C=O) groups is 1. The summed E-state index contributed by atoms with van der Waals surface area (Å²) in [5.74, 6) is -0.219. The lowest BCUT2D eigenvalue weighted by molar-refractivity contribution is -0.113. The van der Waals surface area contributed by atoms with E-state index in [0.717, 1.165) is 11.3 Å². The van der Waals surface area contributed by atoms with E-state index in [1.807, 2.05) is 43.3 Å². The number of halogens is 2. The summed E-state index contributed by atoms with van der Waals surface area (Å²) in [7, 11) is 0. The maximum Gasteiger partial charge on any atom is 0.266 e. The van der Waals surface area contributed by atoms with Gasteiger partial charge in [0.25, 0.3) is 5.56 Å². The van der Waals surface area contributed by atoms with Crippen LogP contribution < -0.4 is 10.9 Å². The molecule has 0 radical (unpaired) electrons. The number of amides is 1. The number of aromatic nitrogens is 2. The van der Waals surface area contributed by atoms with Crippen LogP contribution >= 0.6 is 35.0 Å². The third-order valence-electron chi connectivity index (χ3n) is 4.64. The van der Waals surface area contributed by atoms with Crippen molar-refractivity contribution in [3.05, 3.63) is 92.7 Å². The number of para-hydroxylation sites is 2. The zero-order valence-electron chi connectivity index (χ0n) is 16.4. The second kappa shape index (κ2) is 9.14. The number of thioether (sulfide) groups is 1. The van der Waals surface area contributed by atoms with E-state index in [2.05, 4.69) is 10.3 Å². The lowest BCUT2D eigenvalue weighted by Gasteiger charge is -2.15. The lowest BCUT2D eigenvalue weighted by atomic mass is 10.2. The number of carbonyl (C=O) groups excluding carboxylic acids is 1. The highest BCUT2D eigenvalue weighted by molar-refractivity contribution is 7.99. The number of fused-ring (bicyclic) bond motifs is 1. The molecule has 8 heteroatoms. The fraction of sp³-hybridized carbons (Fsp3) is 0.0870. The molecule has 0 aliphatic carbocycles. The number of aryl methyl sites for hydroxylation is 1. The van der Waals surface area contributed by atoms with E-state index in [0.29, 0.717) is 31.8 Å². The van der Waals surface area contributed by atoms with Crippen LogP contribution in [0.15, 0.2) is 76.7 Å². The van der Waals surface area contributed by atoms with Gasteiger partial charge in [0, 0.05) is 5.02 Å². The Morgan fingerprint density at radius 3 is 2.58 bits per heavy atom. The van der Waals surface area contributed by atoms with Gasteiger partial charge in [0.2, 0.25) is 5.91 Å². The molecule has 3 aromatic carbocycles. The van der Waals surface area contributed by atoms with Crippen LogP contribution in [-0.4, -0.2) is 21.2 Å². The average Bonchev–Trinajstić information content (AvgIpc) is 2.75. The van der Waals surface area contributed by atoms with E-state index in [4.69, 9.17) is 23.2 Å². The molecule has 0 saturated heterocycles. The Morgan fingerprint density at radius 2 is 1.81 bits per heavy atom. The Hall–Kier alpha value is -2.80. The molecule has 156 valence electrons. The third-order valence-corrected chi connectivity index (χ3v) is 6.13. The number of anilines is 1. The Bertz CT molecular complexity index is 1350. The first-order chi connectivity index (χ1) is 14.9. The SMILES string of the molecule is Cc1ccccc1-n1c(SCC(=O)Nc2ccc(Cl)cc2Cl)nc2ccccc2c1=O. The number of benzene rings is 3. The van der Waals surface area contributed by atoms with Crippen LogP contribution in [0.1, 0.15) is 5.56 Å². The molecule has 0 spiro atoms. The quantitative estimate of drug-likeness (QED) is 0.299. The minimum absolute atomic E-state index is 0.0512. The number of nitrogens with one attached hydrogen (secondary N) is 1. The summed E-state index contributed by atoms with van der Waals surface area (Å²) >= 11 is 13.2. The van der Waals surface area contributed by atoms with Gasteiger partial charge in [0.05, 0.1) is 33.1 Å². The highest BCUT2D eigenvalue weighted by atomic mass is 35.5. The van der Waals surface area contributed by atoms with E-state index in [1.54, 1.807) is 34.9 Å². The number of nitrogens with zero attached hydrogens (tertiary/aromatic N) is 2. The van der Waals surface area contributed by atoms with Crippen LogP contribution in [-0.2, 0) is 4.79 Å². The standard InChI is InChI=1S/C23H17Cl2N3O2S/c1-14-6-2-5-9-20(14)28-22(30)16-7-3-4-8-18(16)27-23(28)31-13-21(29)26-19-11-10-15(24)12-17(19)25/h2-12H,13H2,1H3,(H,26,29). The average molecular weight is 470 g/mol. The molecule has 0 unspecified atom stereocenters. The summed E-state index contributed by atoms with van der Waals surface area (Å²) in [5, 5.41) is 4.56. The molecule has 0 aliphatic heterocycles. The van der Waals surface area contributed by atoms with Crippen molar-refractivity contribution in [3.8, 4) is 5.69 Å². The molecular weight excluding hydrogens is 453 g/mol. The molecule has 0 atom stereocenters. The minimum atomic E-state index is -0.270. The summed E-state index contributed by atoms with van der Waals surface area (Å²) in [6, 6.07) is 19.6. The van der Waals surface area contributed by atoms with Crippen molar-refractivity contribution >= 4 is 57.5 Å². The molecule has 1 N–H and O–H groups in total. The monoisotopic (exact) mass is 469 g/mol. The van der Waals surface area contributed by atoms with Crippen molar-refractivity contribution < 1.29 is 4.79 Å². The number of hydrogen-bond acceptors (Lipinski definition) is 4. The van der Waals surface area contributed by atoms with Gasteiger partial charge in [-0.2, -0.15) is 0 Å². The van der Waals surface area contributed by atoms with Crippen LogP contribution in [0.5, 0.6) is 0 Å². The van der Waals surface area contributed by atoms with Crippen LogP contribution in [0, 0.1) is 6.92 Å². The van der Waals surface area contributed by atoms with E-state index in [1.165, 1.54) is 11.8 Å². The molecular formula is C23H17Cl2N3O2S. The molecule has 4 aromatic rings. The van der Waals surface area contributed by atoms with Gasteiger partial charge in [-0.05, 0) is 48.9 Å². The first-order valence-electron chi connectivity index (χ1n) is 9.39. The summed E-state index contributed by atoms with van der Waals surface area (Å²) in [6.45, 7) is 1.93. The maximum atomic E-state index is 13.3. The predicted molar refractivity (Wildman–Crippen MR) is 128 cm³/mol. The van der Waals surface area contributed by atoms with Gasteiger partial charge in [-0.25, -0.2) is 4.98 Å². The van der Waals surface area contributed by atoms with E-state index in [-0.39, 0.29) is 17.2 Å². The van der Waals surface area contributed by atoms with E-state index < -0.39 is 0 Å². The van der Waals surface area contributed by atoms with Gasteiger partial charge in [-0.1, -0.05) is 65.3 Å². The molecule has 1 aromatic heterocycles. The molecule has 31 heavy (non-hydrogen) atoms. The van der Waals surface area contributed by atoms with Crippen LogP contribution in [0.4, 0.5) is 5.69 Å². The molecule has 0 saturated carbocycles. The largest absolute Gasteiger partial charge is 0.324 e. The Balaban J connectivity index is 1.68. The fourth-order valence-corrected chi connectivity index (χ4v) is 4.40. The van der Waals surface area contributed by atoms with Crippen molar-refractivity contribution in [1.82, 2.24) is 9.55 Å². The number of rotatable bonds is 5. The van der Waals surface area contributed by atoms with E-state index >= 15 is 0 Å². The van der Waals surface area contributed by atoms with Gasteiger partial charge in [0.15, 0.2) is 5.16 Å². The van der Waals surface area contributed by atoms with E-state index in [9.17, 15) is 9.59 Å². The fourth-order valence-electron chi connectivity index (χ4n) is 3.14. The van der Waals surface area contributed by atoms with Crippen molar-refractivity contribution in [1.29, 1.82) is 0 Å². The zero-order chi connectivity index (χ0) is 22.0. The first kappa shape index (κ1) is 21.4. The summed E-state index contributed by atoms with van der Waals surface area (Å²) < 4.78 is 1.56. The van der Waals surface area contributed by atoms with Crippen molar-refractivity contribution in [2.75, 3.05) is 11.1 Å². The molecule has 1 amide bonds. The second-order valence-corrected chi connectivity index (χ2v) is 8.59. The topological polar surface area (TPSA) is 64.0 Å². The van der Waals surface area contributed by atoms with Gasteiger partial charge in [-0.3, -0.25) is 14.2 Å². The Morgan fingerprint density at radius 1 is 1.06 bits per heavy atom. The predicted octanol–water partition coefficient (Wildman–Crippen LogP) is 5.73. The minimum Gasteiger partial charge on any atom is -0.324 e. The Labute approximate surface area is 193 Å². The second-order valence-electron chi connectivity index (χ2n) is 6.80.